The van der Waals surface area contributed by atoms with Gasteiger partial charge in [-0.05, 0) is 13.3 Å². The second-order valence-corrected chi connectivity index (χ2v) is 3.45. The van der Waals surface area contributed by atoms with E-state index in [-0.39, 0.29) is 6.10 Å². The summed E-state index contributed by atoms with van der Waals surface area (Å²) in [4.78, 5) is 8.62. The molecule has 4 nitrogen and oxygen atoms in total. The van der Waals surface area contributed by atoms with Crippen LogP contribution in [0.4, 0.5) is 5.82 Å². The van der Waals surface area contributed by atoms with Gasteiger partial charge in [-0.1, -0.05) is 13.8 Å². The van der Waals surface area contributed by atoms with Crippen LogP contribution in [-0.2, 0) is 6.42 Å². The SMILES string of the molecule is CCc1nc(NC)cc(OC(C)CC)n1. The minimum Gasteiger partial charge on any atom is -0.475 e. The minimum atomic E-state index is 0.189. The Morgan fingerprint density at radius 2 is 2.13 bits per heavy atom. The normalized spacial score (nSPS) is 12.3. The van der Waals surface area contributed by atoms with E-state index in [1.54, 1.807) is 0 Å². The maximum atomic E-state index is 5.66. The monoisotopic (exact) mass is 209 g/mol. The summed E-state index contributed by atoms with van der Waals surface area (Å²) >= 11 is 0. The summed E-state index contributed by atoms with van der Waals surface area (Å²) in [6.07, 6.45) is 1.97. The highest BCUT2D eigenvalue weighted by atomic mass is 16.5. The largest absolute Gasteiger partial charge is 0.475 e. The van der Waals surface area contributed by atoms with Crippen molar-refractivity contribution in [2.75, 3.05) is 12.4 Å². The van der Waals surface area contributed by atoms with E-state index in [1.165, 1.54) is 0 Å². The van der Waals surface area contributed by atoms with Crippen LogP contribution >= 0.6 is 0 Å². The van der Waals surface area contributed by atoms with Crippen LogP contribution in [-0.4, -0.2) is 23.1 Å². The van der Waals surface area contributed by atoms with Crippen LogP contribution in [0.1, 0.15) is 33.0 Å². The third kappa shape index (κ3) is 3.38. The van der Waals surface area contributed by atoms with E-state index >= 15 is 0 Å². The second kappa shape index (κ2) is 5.53. The van der Waals surface area contributed by atoms with Gasteiger partial charge in [0.05, 0.1) is 6.10 Å². The maximum Gasteiger partial charge on any atom is 0.218 e. The predicted octanol–water partition coefficient (Wildman–Crippen LogP) is 2.26. The lowest BCUT2D eigenvalue weighted by Gasteiger charge is -2.13. The van der Waals surface area contributed by atoms with Crippen LogP contribution in [0.25, 0.3) is 0 Å². The molecular weight excluding hydrogens is 190 g/mol. The van der Waals surface area contributed by atoms with Gasteiger partial charge in [0.1, 0.15) is 11.6 Å². The summed E-state index contributed by atoms with van der Waals surface area (Å²) in [6, 6.07) is 1.82. The third-order valence-electron chi connectivity index (χ3n) is 2.22. The van der Waals surface area contributed by atoms with Crippen LogP contribution in [0.2, 0.25) is 0 Å². The van der Waals surface area contributed by atoms with Crippen molar-refractivity contribution in [1.82, 2.24) is 9.97 Å². The highest BCUT2D eigenvalue weighted by Crippen LogP contribution is 2.15. The minimum absolute atomic E-state index is 0.189. The maximum absolute atomic E-state index is 5.66. The van der Waals surface area contributed by atoms with Gasteiger partial charge in [-0.15, -0.1) is 0 Å². The molecule has 1 heterocycles. The van der Waals surface area contributed by atoms with E-state index in [4.69, 9.17) is 4.74 Å². The average Bonchev–Trinajstić information content (AvgIpc) is 2.28. The van der Waals surface area contributed by atoms with Crippen LogP contribution in [0.15, 0.2) is 6.07 Å². The van der Waals surface area contributed by atoms with E-state index in [0.29, 0.717) is 5.88 Å². The fourth-order valence-corrected chi connectivity index (χ4v) is 1.11. The van der Waals surface area contributed by atoms with Crippen molar-refractivity contribution in [3.05, 3.63) is 11.9 Å². The van der Waals surface area contributed by atoms with Crippen molar-refractivity contribution in [1.29, 1.82) is 0 Å². The van der Waals surface area contributed by atoms with Crippen LogP contribution in [0, 0.1) is 0 Å². The number of ether oxygens (including phenoxy) is 1. The summed E-state index contributed by atoms with van der Waals surface area (Å²) in [6.45, 7) is 6.15. The van der Waals surface area contributed by atoms with Gasteiger partial charge in [0.25, 0.3) is 0 Å². The van der Waals surface area contributed by atoms with Crippen molar-refractivity contribution < 1.29 is 4.74 Å². The molecular formula is C11H19N3O. The lowest BCUT2D eigenvalue weighted by Crippen LogP contribution is -2.12. The lowest BCUT2D eigenvalue weighted by atomic mass is 10.3. The van der Waals surface area contributed by atoms with Crippen molar-refractivity contribution >= 4 is 5.82 Å². The first kappa shape index (κ1) is 11.8. The molecule has 0 saturated heterocycles. The number of hydrogen-bond acceptors (Lipinski definition) is 4. The molecule has 4 heteroatoms. The molecule has 1 atom stereocenters. The Balaban J connectivity index is 2.86. The zero-order valence-corrected chi connectivity index (χ0v) is 9.87. The molecule has 1 aromatic rings. The Hall–Kier alpha value is -1.32. The highest BCUT2D eigenvalue weighted by molar-refractivity contribution is 5.37. The molecule has 0 aliphatic rings. The molecule has 0 amide bonds. The fourth-order valence-electron chi connectivity index (χ4n) is 1.11. The first-order valence-electron chi connectivity index (χ1n) is 5.41. The Morgan fingerprint density at radius 1 is 1.40 bits per heavy atom. The number of hydrogen-bond donors (Lipinski definition) is 1. The van der Waals surface area contributed by atoms with Crippen LogP contribution in [0.3, 0.4) is 0 Å². The zero-order valence-electron chi connectivity index (χ0n) is 9.87. The van der Waals surface area contributed by atoms with E-state index in [9.17, 15) is 0 Å². The van der Waals surface area contributed by atoms with E-state index in [0.717, 1.165) is 24.5 Å². The molecule has 0 spiro atoms. The highest BCUT2D eigenvalue weighted by Gasteiger charge is 2.06. The standard InChI is InChI=1S/C11H19N3O/c1-5-8(3)15-11-7-10(12-4)13-9(6-2)14-11/h7-8H,5-6H2,1-4H3,(H,12,13,14). The molecule has 0 aliphatic carbocycles. The summed E-state index contributed by atoms with van der Waals surface area (Å²) in [5.41, 5.74) is 0. The van der Waals surface area contributed by atoms with E-state index in [2.05, 4.69) is 22.2 Å². The Labute approximate surface area is 91.1 Å². The average molecular weight is 209 g/mol. The molecule has 1 unspecified atom stereocenters. The van der Waals surface area contributed by atoms with Gasteiger partial charge in [-0.2, -0.15) is 4.98 Å². The number of nitrogens with one attached hydrogen (secondary N) is 1. The lowest BCUT2D eigenvalue weighted by molar-refractivity contribution is 0.208. The molecule has 1 N–H and O–H groups in total. The van der Waals surface area contributed by atoms with Crippen molar-refractivity contribution in [2.45, 2.75) is 39.7 Å². The number of aromatic nitrogens is 2. The molecule has 84 valence electrons. The quantitative estimate of drug-likeness (QED) is 0.808. The summed E-state index contributed by atoms with van der Waals surface area (Å²) in [5, 5.41) is 3.00. The van der Waals surface area contributed by atoms with E-state index < -0.39 is 0 Å². The molecule has 1 aromatic heterocycles. The van der Waals surface area contributed by atoms with Gasteiger partial charge in [0, 0.05) is 19.5 Å². The molecule has 0 saturated carbocycles. The Morgan fingerprint density at radius 3 is 2.67 bits per heavy atom. The van der Waals surface area contributed by atoms with Crippen molar-refractivity contribution in [3.63, 3.8) is 0 Å². The van der Waals surface area contributed by atoms with Gasteiger partial charge >= 0.3 is 0 Å². The molecule has 0 aromatic carbocycles. The Kier molecular flexibility index (Phi) is 4.34. The summed E-state index contributed by atoms with van der Waals surface area (Å²) < 4.78 is 5.66. The zero-order chi connectivity index (χ0) is 11.3. The number of anilines is 1. The molecule has 0 radical (unpaired) electrons. The predicted molar refractivity (Wildman–Crippen MR) is 61.3 cm³/mol. The van der Waals surface area contributed by atoms with Gasteiger partial charge in [-0.25, -0.2) is 4.98 Å². The van der Waals surface area contributed by atoms with Gasteiger partial charge in [0.2, 0.25) is 5.88 Å². The number of aryl methyl sites for hydroxylation is 1. The van der Waals surface area contributed by atoms with Gasteiger partial charge in [0.15, 0.2) is 0 Å². The van der Waals surface area contributed by atoms with Crippen molar-refractivity contribution in [2.24, 2.45) is 0 Å². The summed E-state index contributed by atoms with van der Waals surface area (Å²) in [7, 11) is 1.84. The van der Waals surface area contributed by atoms with Gasteiger partial charge < -0.3 is 10.1 Å². The molecule has 0 fully saturated rings. The summed E-state index contributed by atoms with van der Waals surface area (Å²) in [5.74, 6) is 2.26. The van der Waals surface area contributed by atoms with Crippen LogP contribution in [0.5, 0.6) is 5.88 Å². The smallest absolute Gasteiger partial charge is 0.218 e. The number of rotatable bonds is 5. The van der Waals surface area contributed by atoms with Crippen molar-refractivity contribution in [3.8, 4) is 5.88 Å². The topological polar surface area (TPSA) is 47.0 Å². The molecule has 15 heavy (non-hydrogen) atoms. The molecule has 0 aliphatic heterocycles. The van der Waals surface area contributed by atoms with Crippen LogP contribution < -0.4 is 10.1 Å². The Bertz CT molecular complexity index is 292. The third-order valence-corrected chi connectivity index (χ3v) is 2.22. The molecule has 0 bridgehead atoms. The number of nitrogens with zero attached hydrogens (tertiary/aromatic N) is 2. The fraction of sp³-hybridized carbons (Fsp3) is 0.636. The van der Waals surface area contributed by atoms with E-state index in [1.807, 2.05) is 27.0 Å². The second-order valence-electron chi connectivity index (χ2n) is 3.45. The first-order chi connectivity index (χ1) is 7.19. The molecule has 1 rings (SSSR count). The van der Waals surface area contributed by atoms with Gasteiger partial charge in [-0.3, -0.25) is 0 Å². The first-order valence-corrected chi connectivity index (χ1v) is 5.41.